The Kier molecular flexibility index (Phi) is 6.97. The molecule has 0 unspecified atom stereocenters. The molecule has 0 radical (unpaired) electrons. The quantitative estimate of drug-likeness (QED) is 0.544. The number of hydrogen-bond donors (Lipinski definition) is 0. The normalized spacial score (nSPS) is 22.5. The third-order valence-corrected chi connectivity index (χ3v) is 9.29. The molecule has 1 aromatic carbocycles. The van der Waals surface area contributed by atoms with E-state index in [2.05, 4.69) is 44.3 Å². The summed E-state index contributed by atoms with van der Waals surface area (Å²) in [6.45, 7) is 3.89. The van der Waals surface area contributed by atoms with Crippen molar-refractivity contribution in [3.05, 3.63) is 24.3 Å². The summed E-state index contributed by atoms with van der Waals surface area (Å²) in [6, 6.07) is 8.81. The molecule has 0 N–H and O–H groups in total. The van der Waals surface area contributed by atoms with Crippen molar-refractivity contribution in [3.63, 3.8) is 0 Å². The maximum Gasteiger partial charge on any atom is 0.208 e. The van der Waals surface area contributed by atoms with Gasteiger partial charge in [-0.05, 0) is 68.7 Å². The molecule has 178 valence electrons. The summed E-state index contributed by atoms with van der Waals surface area (Å²) >= 11 is 1.65. The smallest absolute Gasteiger partial charge is 0.208 e. The van der Waals surface area contributed by atoms with Crippen LogP contribution >= 0.6 is 11.3 Å². The summed E-state index contributed by atoms with van der Waals surface area (Å²) in [7, 11) is 1.93. The Hall–Kier alpha value is -1.99. The summed E-state index contributed by atoms with van der Waals surface area (Å²) in [6.07, 6.45) is 12.0. The van der Waals surface area contributed by atoms with Gasteiger partial charge in [-0.1, -0.05) is 30.6 Å². The Morgan fingerprint density at radius 2 is 1.64 bits per heavy atom. The molecule has 7 heteroatoms. The van der Waals surface area contributed by atoms with Gasteiger partial charge in [-0.3, -0.25) is 0 Å². The van der Waals surface area contributed by atoms with Crippen molar-refractivity contribution in [2.24, 2.45) is 11.8 Å². The fourth-order valence-corrected chi connectivity index (χ4v) is 6.95. The molecule has 1 aliphatic carbocycles. The highest BCUT2D eigenvalue weighted by Gasteiger charge is 2.42. The first kappa shape index (κ1) is 22.8. The van der Waals surface area contributed by atoms with Crippen LogP contribution in [0.4, 0.5) is 10.8 Å². The van der Waals surface area contributed by atoms with Gasteiger partial charge in [-0.2, -0.15) is 0 Å². The molecule has 0 bridgehead atoms. The van der Waals surface area contributed by atoms with Crippen LogP contribution in [-0.2, 0) is 9.53 Å². The monoisotopic (exact) mass is 468 g/mol. The van der Waals surface area contributed by atoms with Gasteiger partial charge in [0, 0.05) is 50.5 Å². The molecular formula is C26H36N4O2S. The van der Waals surface area contributed by atoms with E-state index in [1.807, 2.05) is 7.11 Å². The molecule has 1 aromatic heterocycles. The van der Waals surface area contributed by atoms with Crippen LogP contribution in [0.15, 0.2) is 24.3 Å². The number of aldehydes is 1. The van der Waals surface area contributed by atoms with Crippen LogP contribution in [0, 0.1) is 11.8 Å². The lowest BCUT2D eigenvalue weighted by Crippen LogP contribution is -2.50. The number of aromatic nitrogens is 2. The number of hydrogen-bond acceptors (Lipinski definition) is 7. The first-order valence-corrected chi connectivity index (χ1v) is 13.5. The fraction of sp³-hybridized carbons (Fsp3) is 0.654. The Morgan fingerprint density at radius 1 is 0.939 bits per heavy atom. The largest absolute Gasteiger partial charge is 0.378 e. The number of piperidine rings is 2. The van der Waals surface area contributed by atoms with Gasteiger partial charge >= 0.3 is 0 Å². The first-order chi connectivity index (χ1) is 16.2. The lowest BCUT2D eigenvalue weighted by Gasteiger charge is -2.47. The first-order valence-electron chi connectivity index (χ1n) is 12.6. The van der Waals surface area contributed by atoms with E-state index in [9.17, 15) is 4.79 Å². The zero-order chi connectivity index (χ0) is 22.7. The van der Waals surface area contributed by atoms with Gasteiger partial charge in [0.05, 0.1) is 5.60 Å². The number of anilines is 2. The molecule has 3 aliphatic rings. The Balaban J connectivity index is 1.20. The third kappa shape index (κ3) is 4.80. The van der Waals surface area contributed by atoms with Gasteiger partial charge in [0.15, 0.2) is 0 Å². The van der Waals surface area contributed by atoms with Gasteiger partial charge in [-0.25, -0.2) is 0 Å². The maximum atomic E-state index is 11.0. The van der Waals surface area contributed by atoms with Crippen LogP contribution in [0.3, 0.4) is 0 Å². The average molecular weight is 469 g/mol. The van der Waals surface area contributed by atoms with E-state index in [-0.39, 0.29) is 11.5 Å². The van der Waals surface area contributed by atoms with Gasteiger partial charge in [0.2, 0.25) is 5.13 Å². The molecule has 0 amide bonds. The summed E-state index contributed by atoms with van der Waals surface area (Å²) in [5, 5.41) is 10.8. The fourth-order valence-electron chi connectivity index (χ4n) is 6.05. The maximum absolute atomic E-state index is 11.0. The van der Waals surface area contributed by atoms with Crippen LogP contribution in [0.5, 0.6) is 0 Å². The van der Waals surface area contributed by atoms with Gasteiger partial charge in [0.1, 0.15) is 11.3 Å². The molecule has 2 aromatic rings. The standard InChI is InChI=1S/C26H36N4O2S/c1-32-26(22-5-3-2-4-6-22)13-17-29(18-14-26)23-9-7-21(8-10-23)24-27-28-25(33-24)30-15-11-20(19-31)12-16-30/h7-10,19-20,22H,2-6,11-18H2,1H3. The summed E-state index contributed by atoms with van der Waals surface area (Å²) in [4.78, 5) is 15.8. The average Bonchev–Trinajstić information content (AvgIpc) is 3.40. The highest BCUT2D eigenvalue weighted by Crippen LogP contribution is 2.42. The zero-order valence-electron chi connectivity index (χ0n) is 19.7. The number of carbonyl (C=O) groups is 1. The van der Waals surface area contributed by atoms with Crippen molar-refractivity contribution in [1.82, 2.24) is 10.2 Å². The summed E-state index contributed by atoms with van der Waals surface area (Å²) in [5.41, 5.74) is 2.49. The van der Waals surface area contributed by atoms with E-state index in [1.54, 1.807) is 11.3 Å². The number of ether oxygens (including phenoxy) is 1. The molecule has 2 saturated heterocycles. The van der Waals surface area contributed by atoms with Crippen LogP contribution in [0.1, 0.15) is 57.8 Å². The van der Waals surface area contributed by atoms with E-state index in [1.165, 1.54) is 37.8 Å². The highest BCUT2D eigenvalue weighted by molar-refractivity contribution is 7.18. The van der Waals surface area contributed by atoms with Crippen molar-refractivity contribution in [2.75, 3.05) is 43.1 Å². The van der Waals surface area contributed by atoms with Crippen molar-refractivity contribution in [1.29, 1.82) is 0 Å². The predicted molar refractivity (Wildman–Crippen MR) is 134 cm³/mol. The summed E-state index contributed by atoms with van der Waals surface area (Å²) < 4.78 is 6.18. The topological polar surface area (TPSA) is 58.6 Å². The SMILES string of the molecule is COC1(C2CCCCC2)CCN(c2ccc(-c3nnc(N4CCC(C=O)CC4)s3)cc2)CC1. The molecule has 0 spiro atoms. The number of carbonyl (C=O) groups excluding carboxylic acids is 1. The van der Waals surface area contributed by atoms with Crippen LogP contribution in [0.2, 0.25) is 0 Å². The molecule has 2 aliphatic heterocycles. The van der Waals surface area contributed by atoms with Crippen molar-refractivity contribution >= 4 is 28.4 Å². The second-order valence-corrected chi connectivity index (χ2v) is 10.9. The zero-order valence-corrected chi connectivity index (χ0v) is 20.6. The van der Waals surface area contributed by atoms with Gasteiger partial charge in [-0.15, -0.1) is 10.2 Å². The second-order valence-electron chi connectivity index (χ2n) is 9.99. The summed E-state index contributed by atoms with van der Waals surface area (Å²) in [5.74, 6) is 0.935. The lowest BCUT2D eigenvalue weighted by molar-refractivity contribution is -0.111. The number of nitrogens with zero attached hydrogens (tertiary/aromatic N) is 4. The molecule has 6 nitrogen and oxygen atoms in total. The van der Waals surface area contributed by atoms with Crippen LogP contribution in [-0.4, -0.2) is 55.4 Å². The van der Waals surface area contributed by atoms with Crippen LogP contribution in [0.25, 0.3) is 10.6 Å². The minimum atomic E-state index is 0.0833. The Labute approximate surface area is 201 Å². The number of methoxy groups -OCH3 is 1. The van der Waals surface area contributed by atoms with Crippen molar-refractivity contribution in [2.45, 2.75) is 63.4 Å². The van der Waals surface area contributed by atoms with E-state index < -0.39 is 0 Å². The van der Waals surface area contributed by atoms with E-state index in [0.717, 1.165) is 79.8 Å². The van der Waals surface area contributed by atoms with Crippen molar-refractivity contribution < 1.29 is 9.53 Å². The molecule has 3 heterocycles. The molecule has 0 atom stereocenters. The number of rotatable bonds is 6. The van der Waals surface area contributed by atoms with Gasteiger partial charge < -0.3 is 19.3 Å². The van der Waals surface area contributed by atoms with E-state index >= 15 is 0 Å². The Morgan fingerprint density at radius 3 is 2.27 bits per heavy atom. The minimum absolute atomic E-state index is 0.0833. The molecule has 5 rings (SSSR count). The highest BCUT2D eigenvalue weighted by atomic mass is 32.1. The molecular weight excluding hydrogens is 432 g/mol. The van der Waals surface area contributed by atoms with Gasteiger partial charge in [0.25, 0.3) is 0 Å². The van der Waals surface area contributed by atoms with Crippen LogP contribution < -0.4 is 9.80 Å². The lowest BCUT2D eigenvalue weighted by atomic mass is 9.72. The van der Waals surface area contributed by atoms with Crippen molar-refractivity contribution in [3.8, 4) is 10.6 Å². The number of benzene rings is 1. The van der Waals surface area contributed by atoms with E-state index in [4.69, 9.17) is 4.74 Å². The second kappa shape index (κ2) is 10.1. The molecule has 3 fully saturated rings. The molecule has 1 saturated carbocycles. The third-order valence-electron chi connectivity index (χ3n) is 8.26. The predicted octanol–water partition coefficient (Wildman–Crippen LogP) is 5.19. The molecule has 33 heavy (non-hydrogen) atoms. The van der Waals surface area contributed by atoms with E-state index in [0.29, 0.717) is 0 Å². The Bertz CT molecular complexity index is 909. The minimum Gasteiger partial charge on any atom is -0.378 e.